The Morgan fingerprint density at radius 1 is 1.37 bits per heavy atom. The molecule has 0 saturated heterocycles. The Hall–Kier alpha value is -2.80. The largest absolute Gasteiger partial charge is 0.471 e. The molecule has 1 aliphatic carbocycles. The zero-order valence-corrected chi connectivity index (χ0v) is 14.5. The average molecular weight is 400 g/mol. The summed E-state index contributed by atoms with van der Waals surface area (Å²) in [6.07, 6.45) is -3.18. The van der Waals surface area contributed by atoms with E-state index in [9.17, 15) is 18.0 Å². The molecule has 1 saturated carbocycles. The van der Waals surface area contributed by atoms with Crippen molar-refractivity contribution >= 4 is 28.9 Å². The number of anilines is 2. The topological polar surface area (TPSA) is 84.4 Å². The highest BCUT2D eigenvalue weighted by Crippen LogP contribution is 2.40. The third-order valence-corrected chi connectivity index (χ3v) is 4.26. The highest BCUT2D eigenvalue weighted by atomic mass is 35.5. The van der Waals surface area contributed by atoms with Gasteiger partial charge in [-0.25, -0.2) is 6.57 Å². The summed E-state index contributed by atoms with van der Waals surface area (Å²) >= 11 is 5.51. The Kier molecular flexibility index (Phi) is 4.97. The first-order valence-electron chi connectivity index (χ1n) is 7.80. The van der Waals surface area contributed by atoms with Gasteiger partial charge in [0.15, 0.2) is 0 Å². The number of hydrogen-bond donors (Lipinski definition) is 2. The van der Waals surface area contributed by atoms with Crippen LogP contribution in [0.2, 0.25) is 0 Å². The van der Waals surface area contributed by atoms with E-state index in [4.69, 9.17) is 18.2 Å². The lowest BCUT2D eigenvalue weighted by Gasteiger charge is -2.14. The van der Waals surface area contributed by atoms with Crippen molar-refractivity contribution in [1.29, 1.82) is 0 Å². The third kappa shape index (κ3) is 4.31. The fourth-order valence-corrected chi connectivity index (χ4v) is 2.38. The van der Waals surface area contributed by atoms with Crippen LogP contribution in [0.4, 0.5) is 24.5 Å². The van der Waals surface area contributed by atoms with E-state index in [1.165, 1.54) is 12.1 Å². The summed E-state index contributed by atoms with van der Waals surface area (Å²) in [5.41, 5.74) is 0.571. The van der Waals surface area contributed by atoms with Gasteiger partial charge in [0.05, 0.1) is 17.9 Å². The number of halogens is 4. The zero-order valence-electron chi connectivity index (χ0n) is 13.7. The molecule has 1 aromatic carbocycles. The van der Waals surface area contributed by atoms with Crippen LogP contribution >= 0.6 is 11.6 Å². The van der Waals surface area contributed by atoms with Crippen LogP contribution in [0.5, 0.6) is 0 Å². The van der Waals surface area contributed by atoms with E-state index in [1.807, 2.05) is 0 Å². The van der Waals surface area contributed by atoms with Crippen LogP contribution in [-0.2, 0) is 11.0 Å². The summed E-state index contributed by atoms with van der Waals surface area (Å²) in [5.74, 6) is -2.52. The maximum atomic E-state index is 12.6. The van der Waals surface area contributed by atoms with Gasteiger partial charge in [0.25, 0.3) is 0 Å². The molecule has 1 heterocycles. The van der Waals surface area contributed by atoms with Gasteiger partial charge in [0.2, 0.25) is 17.3 Å². The lowest BCUT2D eigenvalue weighted by molar-refractivity contribution is -0.159. The quantitative estimate of drug-likeness (QED) is 0.570. The number of nitrogens with zero attached hydrogens (tertiary/aromatic N) is 3. The predicted octanol–water partition coefficient (Wildman–Crippen LogP) is 3.80. The van der Waals surface area contributed by atoms with Crippen LogP contribution < -0.4 is 10.6 Å². The second kappa shape index (κ2) is 7.08. The molecule has 1 fully saturated rings. The van der Waals surface area contributed by atoms with E-state index in [1.54, 1.807) is 6.07 Å². The number of carbonyl (C=O) groups is 1. The van der Waals surface area contributed by atoms with Crippen LogP contribution in [0.25, 0.3) is 16.2 Å². The lowest BCUT2D eigenvalue weighted by atomic mass is 10.1. The molecule has 27 heavy (non-hydrogen) atoms. The normalized spacial score (nSPS) is 15.1. The Bertz CT molecular complexity index is 902. The summed E-state index contributed by atoms with van der Waals surface area (Å²) < 4.78 is 42.1. The summed E-state index contributed by atoms with van der Waals surface area (Å²) in [7, 11) is 0. The molecule has 1 amide bonds. The molecule has 11 heteroatoms. The van der Waals surface area contributed by atoms with Gasteiger partial charge >= 0.3 is 12.1 Å². The molecule has 3 rings (SSSR count). The number of carbonyl (C=O) groups excluding carboxylic acids is 1. The van der Waals surface area contributed by atoms with Gasteiger partial charge in [0.1, 0.15) is 5.88 Å². The maximum Gasteiger partial charge on any atom is 0.471 e. The van der Waals surface area contributed by atoms with Crippen molar-refractivity contribution in [2.75, 3.05) is 23.1 Å². The standard InChI is InChI=1S/C16H13ClF3N5O2/c1-21-15(4-5-15)8-22-10-3-2-9(6-11(10)23-12(26)7-17)13-24-14(27-25-13)16(18,19)20/h2-3,6,22H,4-5,7-8H2,(H,23,26). The van der Waals surface area contributed by atoms with E-state index in [0.29, 0.717) is 12.2 Å². The molecule has 0 unspecified atom stereocenters. The Balaban J connectivity index is 1.88. The summed E-state index contributed by atoms with van der Waals surface area (Å²) in [4.78, 5) is 18.6. The molecule has 0 spiro atoms. The molecule has 0 radical (unpaired) electrons. The molecule has 2 aromatic rings. The Morgan fingerprint density at radius 3 is 2.67 bits per heavy atom. The molecule has 0 aliphatic heterocycles. The highest BCUT2D eigenvalue weighted by molar-refractivity contribution is 6.29. The number of rotatable bonds is 6. The van der Waals surface area contributed by atoms with E-state index in [-0.39, 0.29) is 23.0 Å². The smallest absolute Gasteiger partial charge is 0.376 e. The molecular weight excluding hydrogens is 387 g/mol. The van der Waals surface area contributed by atoms with Crippen molar-refractivity contribution in [3.05, 3.63) is 35.5 Å². The zero-order chi connectivity index (χ0) is 19.7. The molecule has 7 nitrogen and oxygen atoms in total. The molecule has 0 atom stereocenters. The minimum absolute atomic E-state index is 0.219. The highest BCUT2D eigenvalue weighted by Gasteiger charge is 2.50. The van der Waals surface area contributed by atoms with Gasteiger partial charge < -0.3 is 20.0 Å². The third-order valence-electron chi connectivity index (χ3n) is 4.01. The van der Waals surface area contributed by atoms with Crippen molar-refractivity contribution in [1.82, 2.24) is 10.1 Å². The van der Waals surface area contributed by atoms with Gasteiger partial charge in [-0.05, 0) is 18.2 Å². The second-order valence-corrected chi connectivity index (χ2v) is 6.32. The molecule has 142 valence electrons. The van der Waals surface area contributed by atoms with Crippen molar-refractivity contribution in [3.8, 4) is 11.4 Å². The molecule has 1 aromatic heterocycles. The average Bonchev–Trinajstić information content (AvgIpc) is 3.23. The van der Waals surface area contributed by atoms with E-state index in [2.05, 4.69) is 30.1 Å². The number of amides is 1. The number of nitrogens with one attached hydrogen (secondary N) is 2. The Morgan fingerprint density at radius 2 is 2.11 bits per heavy atom. The number of benzene rings is 1. The van der Waals surface area contributed by atoms with E-state index < -0.39 is 23.5 Å². The van der Waals surface area contributed by atoms with E-state index >= 15 is 0 Å². The fourth-order valence-electron chi connectivity index (χ4n) is 2.31. The van der Waals surface area contributed by atoms with E-state index in [0.717, 1.165) is 12.8 Å². The predicted molar refractivity (Wildman–Crippen MR) is 91.1 cm³/mol. The van der Waals surface area contributed by atoms with Gasteiger partial charge in [0, 0.05) is 18.4 Å². The second-order valence-electron chi connectivity index (χ2n) is 6.05. The minimum Gasteiger partial charge on any atom is -0.376 e. The Labute approximate surface area is 156 Å². The number of aromatic nitrogens is 2. The summed E-state index contributed by atoms with van der Waals surface area (Å²) in [6, 6.07) is 4.46. The molecular formula is C16H13ClF3N5O2. The summed E-state index contributed by atoms with van der Waals surface area (Å²) in [6.45, 7) is 7.60. The van der Waals surface area contributed by atoms with Gasteiger partial charge in [-0.1, -0.05) is 5.16 Å². The van der Waals surface area contributed by atoms with Gasteiger partial charge in [-0.3, -0.25) is 4.79 Å². The molecule has 0 bridgehead atoms. The van der Waals surface area contributed by atoms with Crippen LogP contribution in [0.1, 0.15) is 18.7 Å². The van der Waals surface area contributed by atoms with Crippen molar-refractivity contribution < 1.29 is 22.5 Å². The van der Waals surface area contributed by atoms with Crippen molar-refractivity contribution in [2.45, 2.75) is 24.6 Å². The van der Waals surface area contributed by atoms with Crippen LogP contribution in [-0.4, -0.2) is 34.0 Å². The van der Waals surface area contributed by atoms with Gasteiger partial charge in [-0.2, -0.15) is 18.2 Å². The van der Waals surface area contributed by atoms with Crippen LogP contribution in [0.3, 0.4) is 0 Å². The molecule has 2 N–H and O–H groups in total. The van der Waals surface area contributed by atoms with Crippen molar-refractivity contribution in [3.63, 3.8) is 0 Å². The van der Waals surface area contributed by atoms with Gasteiger partial charge in [-0.15, -0.1) is 11.6 Å². The molecule has 1 aliphatic rings. The first-order chi connectivity index (χ1) is 12.8. The maximum absolute atomic E-state index is 12.6. The first-order valence-corrected chi connectivity index (χ1v) is 8.33. The SMILES string of the molecule is [C-]#[N+]C1(CNc2ccc(-c3noc(C(F)(F)F)n3)cc2NC(=O)CCl)CC1. The summed E-state index contributed by atoms with van der Waals surface area (Å²) in [5, 5.41) is 8.98. The van der Waals surface area contributed by atoms with Crippen LogP contribution in [0.15, 0.2) is 22.7 Å². The number of hydrogen-bond acceptors (Lipinski definition) is 5. The minimum atomic E-state index is -4.75. The number of alkyl halides is 4. The monoisotopic (exact) mass is 399 g/mol. The lowest BCUT2D eigenvalue weighted by Crippen LogP contribution is -2.19. The first kappa shape index (κ1) is 19.0. The van der Waals surface area contributed by atoms with Crippen LogP contribution in [0, 0.1) is 6.57 Å². The van der Waals surface area contributed by atoms with Crippen molar-refractivity contribution in [2.24, 2.45) is 0 Å². The fraction of sp³-hybridized carbons (Fsp3) is 0.375.